The molecule has 2 aromatic rings. The van der Waals surface area contributed by atoms with E-state index in [0.29, 0.717) is 16.4 Å². The van der Waals surface area contributed by atoms with Crippen LogP contribution in [0.15, 0.2) is 29.2 Å². The fraction of sp³-hybridized carbons (Fsp3) is 0.250. The number of benzene rings is 1. The third-order valence-electron chi connectivity index (χ3n) is 2.62. The number of aryl methyl sites for hydroxylation is 3. The van der Waals surface area contributed by atoms with Gasteiger partial charge in [0.05, 0.1) is 16.3 Å². The Hall–Kier alpha value is -1.33. The SMILES string of the molecule is Cc1cc(C)n(S(=O)(=O)c2ccc(Cl)c(C)c2)n1. The molecule has 1 aromatic heterocycles. The van der Waals surface area contributed by atoms with Crippen LogP contribution in [0, 0.1) is 20.8 Å². The molecule has 0 unspecified atom stereocenters. The molecule has 0 fully saturated rings. The Balaban J connectivity index is 2.61. The van der Waals surface area contributed by atoms with Crippen LogP contribution in [0.3, 0.4) is 0 Å². The first kappa shape index (κ1) is 13.1. The lowest BCUT2D eigenvalue weighted by Gasteiger charge is -2.07. The summed E-state index contributed by atoms with van der Waals surface area (Å²) >= 11 is 5.89. The summed E-state index contributed by atoms with van der Waals surface area (Å²) < 4.78 is 25.8. The molecule has 2 rings (SSSR count). The molecule has 0 saturated heterocycles. The van der Waals surface area contributed by atoms with Crippen LogP contribution in [0.25, 0.3) is 0 Å². The molecule has 0 amide bonds. The van der Waals surface area contributed by atoms with E-state index in [1.807, 2.05) is 0 Å². The molecule has 0 aliphatic rings. The smallest absolute Gasteiger partial charge is 0.199 e. The predicted molar refractivity (Wildman–Crippen MR) is 70.5 cm³/mol. The molecule has 6 heteroatoms. The summed E-state index contributed by atoms with van der Waals surface area (Å²) in [5.74, 6) is 0. The van der Waals surface area contributed by atoms with Crippen molar-refractivity contribution in [1.82, 2.24) is 9.19 Å². The normalized spacial score (nSPS) is 11.8. The van der Waals surface area contributed by atoms with Crippen molar-refractivity contribution in [2.24, 2.45) is 0 Å². The van der Waals surface area contributed by atoms with Crippen molar-refractivity contribution in [2.45, 2.75) is 25.7 Å². The summed E-state index contributed by atoms with van der Waals surface area (Å²) in [5.41, 5.74) is 1.97. The highest BCUT2D eigenvalue weighted by molar-refractivity contribution is 7.89. The Labute approximate surface area is 111 Å². The zero-order chi connectivity index (χ0) is 13.5. The molecule has 0 saturated carbocycles. The second kappa shape index (κ2) is 4.40. The predicted octanol–water partition coefficient (Wildman–Crippen LogP) is 2.70. The Morgan fingerprint density at radius 1 is 1.17 bits per heavy atom. The summed E-state index contributed by atoms with van der Waals surface area (Å²) in [4.78, 5) is 0.190. The molecule has 1 heterocycles. The molecule has 0 bridgehead atoms. The van der Waals surface area contributed by atoms with Crippen LogP contribution in [-0.2, 0) is 10.0 Å². The number of hydrogen-bond acceptors (Lipinski definition) is 3. The average molecular weight is 285 g/mol. The van der Waals surface area contributed by atoms with Gasteiger partial charge in [0.25, 0.3) is 10.0 Å². The fourth-order valence-electron chi connectivity index (χ4n) is 1.73. The lowest BCUT2D eigenvalue weighted by Crippen LogP contribution is -2.16. The molecule has 1 aromatic carbocycles. The summed E-state index contributed by atoms with van der Waals surface area (Å²) in [5, 5.41) is 4.55. The minimum Gasteiger partial charge on any atom is -0.199 e. The van der Waals surface area contributed by atoms with Crippen LogP contribution in [0.1, 0.15) is 17.0 Å². The second-order valence-corrected chi connectivity index (χ2v) is 6.36. The summed E-state index contributed by atoms with van der Waals surface area (Å²) in [6, 6.07) is 6.34. The molecule has 18 heavy (non-hydrogen) atoms. The molecular formula is C12H13ClN2O2S. The van der Waals surface area contributed by atoms with E-state index in [9.17, 15) is 8.42 Å². The van der Waals surface area contributed by atoms with E-state index in [-0.39, 0.29) is 4.90 Å². The van der Waals surface area contributed by atoms with Crippen molar-refractivity contribution in [3.8, 4) is 0 Å². The second-order valence-electron chi connectivity index (χ2n) is 4.19. The maximum atomic E-state index is 12.4. The van der Waals surface area contributed by atoms with Gasteiger partial charge in [0.2, 0.25) is 0 Å². The van der Waals surface area contributed by atoms with E-state index in [0.717, 1.165) is 9.65 Å². The van der Waals surface area contributed by atoms with Crippen LogP contribution in [0.5, 0.6) is 0 Å². The standard InChI is InChI=1S/C12H13ClN2O2S/c1-8-6-11(4-5-12(8)13)18(16,17)15-10(3)7-9(2)14-15/h4-7H,1-3H3. The van der Waals surface area contributed by atoms with E-state index >= 15 is 0 Å². The number of hydrogen-bond donors (Lipinski definition) is 0. The van der Waals surface area contributed by atoms with Crippen molar-refractivity contribution >= 4 is 21.6 Å². The lowest BCUT2D eigenvalue weighted by atomic mass is 10.2. The lowest BCUT2D eigenvalue weighted by molar-refractivity contribution is 0.577. The molecule has 96 valence electrons. The van der Waals surface area contributed by atoms with Gasteiger partial charge in [-0.05, 0) is 50.6 Å². The molecule has 0 atom stereocenters. The van der Waals surface area contributed by atoms with Crippen molar-refractivity contribution in [1.29, 1.82) is 0 Å². The van der Waals surface area contributed by atoms with Crippen molar-refractivity contribution < 1.29 is 8.42 Å². The van der Waals surface area contributed by atoms with Crippen LogP contribution < -0.4 is 0 Å². The zero-order valence-corrected chi connectivity index (χ0v) is 11.9. The van der Waals surface area contributed by atoms with Gasteiger partial charge in [-0.3, -0.25) is 0 Å². The molecule has 0 aliphatic heterocycles. The van der Waals surface area contributed by atoms with Gasteiger partial charge in [-0.15, -0.1) is 0 Å². The van der Waals surface area contributed by atoms with Gasteiger partial charge in [-0.2, -0.15) is 17.6 Å². The first-order valence-electron chi connectivity index (χ1n) is 5.37. The number of rotatable bonds is 2. The maximum Gasteiger partial charge on any atom is 0.283 e. The number of aromatic nitrogens is 2. The Bertz CT molecular complexity index is 705. The largest absolute Gasteiger partial charge is 0.283 e. The molecule has 0 spiro atoms. The highest BCUT2D eigenvalue weighted by atomic mass is 35.5. The van der Waals surface area contributed by atoms with Gasteiger partial charge in [-0.1, -0.05) is 11.6 Å². The van der Waals surface area contributed by atoms with Gasteiger partial charge in [-0.25, -0.2) is 0 Å². The highest BCUT2D eigenvalue weighted by Crippen LogP contribution is 2.21. The van der Waals surface area contributed by atoms with Gasteiger partial charge in [0, 0.05) is 5.02 Å². The van der Waals surface area contributed by atoms with Gasteiger partial charge < -0.3 is 0 Å². The molecule has 0 N–H and O–H groups in total. The Morgan fingerprint density at radius 2 is 1.83 bits per heavy atom. The first-order valence-corrected chi connectivity index (χ1v) is 7.19. The maximum absolute atomic E-state index is 12.4. The van der Waals surface area contributed by atoms with Crippen LogP contribution in [0.4, 0.5) is 0 Å². The van der Waals surface area contributed by atoms with E-state index < -0.39 is 10.0 Å². The average Bonchev–Trinajstić information content (AvgIpc) is 2.62. The van der Waals surface area contributed by atoms with Crippen molar-refractivity contribution in [3.05, 3.63) is 46.2 Å². The van der Waals surface area contributed by atoms with Gasteiger partial charge in [0.15, 0.2) is 0 Å². The Morgan fingerprint density at radius 3 is 2.33 bits per heavy atom. The quantitative estimate of drug-likeness (QED) is 0.852. The first-order chi connectivity index (χ1) is 8.32. The van der Waals surface area contributed by atoms with E-state index in [1.54, 1.807) is 39.0 Å². The van der Waals surface area contributed by atoms with Crippen LogP contribution in [0.2, 0.25) is 5.02 Å². The van der Waals surface area contributed by atoms with Crippen LogP contribution in [-0.4, -0.2) is 17.6 Å². The molecule has 0 radical (unpaired) electrons. The van der Waals surface area contributed by atoms with E-state index in [1.165, 1.54) is 6.07 Å². The highest BCUT2D eigenvalue weighted by Gasteiger charge is 2.20. The summed E-state index contributed by atoms with van der Waals surface area (Å²) in [7, 11) is -3.64. The van der Waals surface area contributed by atoms with Crippen molar-refractivity contribution in [3.63, 3.8) is 0 Å². The monoisotopic (exact) mass is 284 g/mol. The summed E-state index contributed by atoms with van der Waals surface area (Å²) in [6.45, 7) is 5.23. The third kappa shape index (κ3) is 2.15. The molecular weight excluding hydrogens is 272 g/mol. The minimum absolute atomic E-state index is 0.190. The third-order valence-corrected chi connectivity index (χ3v) is 4.72. The van der Waals surface area contributed by atoms with Gasteiger partial charge in [0.1, 0.15) is 0 Å². The zero-order valence-electron chi connectivity index (χ0n) is 10.3. The van der Waals surface area contributed by atoms with E-state index in [4.69, 9.17) is 11.6 Å². The Kier molecular flexibility index (Phi) is 3.21. The minimum atomic E-state index is -3.64. The number of halogens is 1. The van der Waals surface area contributed by atoms with E-state index in [2.05, 4.69) is 5.10 Å². The summed E-state index contributed by atoms with van der Waals surface area (Å²) in [6.07, 6.45) is 0. The van der Waals surface area contributed by atoms with Crippen LogP contribution >= 0.6 is 11.6 Å². The fourth-order valence-corrected chi connectivity index (χ4v) is 3.28. The molecule has 4 nitrogen and oxygen atoms in total. The van der Waals surface area contributed by atoms with Gasteiger partial charge >= 0.3 is 0 Å². The van der Waals surface area contributed by atoms with Crippen molar-refractivity contribution in [2.75, 3.05) is 0 Å². The topological polar surface area (TPSA) is 52.0 Å². The number of nitrogens with zero attached hydrogens (tertiary/aromatic N) is 2. The molecule has 0 aliphatic carbocycles.